The number of amides is 2. The second-order valence-corrected chi connectivity index (χ2v) is 11.7. The van der Waals surface area contributed by atoms with Gasteiger partial charge in [-0.05, 0) is 50.9 Å². The number of aromatic hydroxyl groups is 1. The fourth-order valence-corrected chi connectivity index (χ4v) is 7.21. The van der Waals surface area contributed by atoms with Crippen molar-refractivity contribution in [3.63, 3.8) is 0 Å². The van der Waals surface area contributed by atoms with Crippen LogP contribution in [0, 0.1) is 23.7 Å². The number of rotatable bonds is 6. The summed E-state index contributed by atoms with van der Waals surface area (Å²) in [7, 11) is 3.02. The molecule has 2 amide bonds. The summed E-state index contributed by atoms with van der Waals surface area (Å²) in [5, 5.41) is 25.4. The van der Waals surface area contributed by atoms with Crippen molar-refractivity contribution in [2.75, 3.05) is 19.4 Å². The van der Waals surface area contributed by atoms with Crippen LogP contribution in [0.2, 0.25) is 5.02 Å². The molecule has 14 heteroatoms. The van der Waals surface area contributed by atoms with Gasteiger partial charge in [-0.3, -0.25) is 33.7 Å². The van der Waals surface area contributed by atoms with Crippen molar-refractivity contribution in [3.8, 4) is 5.75 Å². The highest BCUT2D eigenvalue weighted by Gasteiger charge is 2.69. The molecule has 0 radical (unpaired) electrons. The number of nitrogens with zero attached hydrogens (tertiary/aromatic N) is 3. The van der Waals surface area contributed by atoms with E-state index >= 15 is 0 Å². The maximum absolute atomic E-state index is 13.9. The van der Waals surface area contributed by atoms with E-state index in [2.05, 4.69) is 10.3 Å². The Kier molecular flexibility index (Phi) is 7.32. The summed E-state index contributed by atoms with van der Waals surface area (Å²) in [5.41, 5.74) is 2.33. The van der Waals surface area contributed by atoms with Crippen LogP contribution in [0.1, 0.15) is 41.7 Å². The molecule has 2 saturated carbocycles. The van der Waals surface area contributed by atoms with E-state index < -0.39 is 82.1 Å². The molecule has 3 aliphatic carbocycles. The van der Waals surface area contributed by atoms with Gasteiger partial charge in [0.25, 0.3) is 0 Å². The smallest absolute Gasteiger partial charge is 0.247 e. The number of halogens is 1. The molecule has 0 spiro atoms. The monoisotopic (exact) mass is 599 g/mol. The first kappa shape index (κ1) is 29.5. The second kappa shape index (κ2) is 10.4. The number of carbonyl (C=O) groups excluding carboxylic acids is 6. The Balaban J connectivity index is 1.55. The molecule has 2 aromatic rings. The van der Waals surface area contributed by atoms with E-state index in [1.54, 1.807) is 17.7 Å². The molecule has 13 nitrogen and oxygen atoms in total. The number of phenols is 1. The number of imidazole rings is 1. The van der Waals surface area contributed by atoms with Gasteiger partial charge < -0.3 is 25.8 Å². The van der Waals surface area contributed by atoms with Crippen molar-refractivity contribution in [2.24, 2.45) is 29.4 Å². The zero-order chi connectivity index (χ0) is 30.8. The molecular formula is C28H30ClN5O8. The van der Waals surface area contributed by atoms with Crippen LogP contribution in [0.3, 0.4) is 0 Å². The van der Waals surface area contributed by atoms with E-state index in [-0.39, 0.29) is 29.1 Å². The lowest BCUT2D eigenvalue weighted by atomic mass is 9.52. The van der Waals surface area contributed by atoms with Gasteiger partial charge in [0.1, 0.15) is 11.7 Å². The van der Waals surface area contributed by atoms with E-state index in [1.807, 2.05) is 0 Å². The number of hydrogen-bond donors (Lipinski definition) is 4. The van der Waals surface area contributed by atoms with Crippen molar-refractivity contribution in [2.45, 2.75) is 43.9 Å². The lowest BCUT2D eigenvalue weighted by molar-refractivity contribution is -0.181. The number of anilines is 1. The number of nitrogens with one attached hydrogen (secondary N) is 1. The number of benzene rings is 1. The van der Waals surface area contributed by atoms with Crippen LogP contribution in [-0.4, -0.2) is 85.3 Å². The number of fused-ring (bicyclic) bond motifs is 3. The fourth-order valence-electron chi connectivity index (χ4n) is 6.94. The van der Waals surface area contributed by atoms with Crippen LogP contribution in [-0.2, 0) is 30.4 Å². The first-order valence-corrected chi connectivity index (χ1v) is 13.8. The first-order valence-electron chi connectivity index (χ1n) is 13.4. The Hall–Kier alpha value is -3.94. The number of aromatic nitrogens is 2. The molecule has 1 aromatic carbocycles. The standard InChI is InChI=1S/C28H30ClN5O8/c1-4-15(34-6-5-31-10-34)27(41)32-19-14(29)9-12-7-11-8-13-20(33(2)3)23(37)18(26(30)40)25(39)28(13,42)24(38)17(11)21(35)16(12)22(19)36/h5-6,9-11,13,15,17-18,20,36,42H,4,7-8H2,1-3H3,(H2,30,40)(H,32,41)/t11?,13?,15?,17?,18?,20-,28-/m0/s1. The van der Waals surface area contributed by atoms with Gasteiger partial charge in [-0.15, -0.1) is 0 Å². The Morgan fingerprint density at radius 2 is 1.95 bits per heavy atom. The number of primary amides is 1. The van der Waals surface area contributed by atoms with Crippen molar-refractivity contribution in [1.82, 2.24) is 14.5 Å². The third kappa shape index (κ3) is 4.17. The molecule has 1 aromatic heterocycles. The van der Waals surface area contributed by atoms with Gasteiger partial charge in [0.05, 0.1) is 28.9 Å². The van der Waals surface area contributed by atoms with E-state index in [0.717, 1.165) is 0 Å². The van der Waals surface area contributed by atoms with Crippen molar-refractivity contribution in [1.29, 1.82) is 0 Å². The van der Waals surface area contributed by atoms with Gasteiger partial charge >= 0.3 is 0 Å². The molecule has 7 atom stereocenters. The number of nitrogens with two attached hydrogens (primary N) is 1. The molecule has 5 N–H and O–H groups in total. The molecule has 3 aliphatic rings. The summed E-state index contributed by atoms with van der Waals surface area (Å²) < 4.78 is 1.57. The molecule has 1 heterocycles. The van der Waals surface area contributed by atoms with Gasteiger partial charge in [0, 0.05) is 18.3 Å². The normalized spacial score (nSPS) is 29.5. The lowest BCUT2D eigenvalue weighted by Gasteiger charge is -2.52. The van der Waals surface area contributed by atoms with Crippen molar-refractivity contribution >= 4 is 52.2 Å². The van der Waals surface area contributed by atoms with Gasteiger partial charge in [0.15, 0.2) is 40.4 Å². The summed E-state index contributed by atoms with van der Waals surface area (Å²) in [6.45, 7) is 1.78. The largest absolute Gasteiger partial charge is 0.505 e. The highest BCUT2D eigenvalue weighted by atomic mass is 35.5. The van der Waals surface area contributed by atoms with Crippen LogP contribution in [0.15, 0.2) is 24.8 Å². The number of aliphatic hydroxyl groups is 1. The highest BCUT2D eigenvalue weighted by Crippen LogP contribution is 2.52. The number of phenolic OH excluding ortho intramolecular Hbond substituents is 1. The lowest BCUT2D eigenvalue weighted by Crippen LogP contribution is -2.74. The predicted molar refractivity (Wildman–Crippen MR) is 147 cm³/mol. The molecule has 222 valence electrons. The molecule has 0 aliphatic heterocycles. The average Bonchev–Trinajstić information content (AvgIpc) is 3.43. The molecule has 5 unspecified atom stereocenters. The van der Waals surface area contributed by atoms with E-state index in [0.29, 0.717) is 12.0 Å². The number of ketones is 4. The maximum Gasteiger partial charge on any atom is 0.247 e. The summed E-state index contributed by atoms with van der Waals surface area (Å²) in [4.78, 5) is 84.9. The van der Waals surface area contributed by atoms with Gasteiger partial charge in [0.2, 0.25) is 11.8 Å². The summed E-state index contributed by atoms with van der Waals surface area (Å²) in [5.74, 6) is -12.3. The second-order valence-electron chi connectivity index (χ2n) is 11.3. The molecule has 0 saturated heterocycles. The van der Waals surface area contributed by atoms with E-state index in [4.69, 9.17) is 17.3 Å². The Labute approximate surface area is 245 Å². The van der Waals surface area contributed by atoms with Gasteiger partial charge in [-0.1, -0.05) is 18.5 Å². The minimum Gasteiger partial charge on any atom is -0.505 e. The zero-order valence-electron chi connectivity index (χ0n) is 23.0. The third-order valence-corrected chi connectivity index (χ3v) is 9.12. The third-order valence-electron chi connectivity index (χ3n) is 8.83. The van der Waals surface area contributed by atoms with Gasteiger partial charge in [-0.2, -0.15) is 0 Å². The Morgan fingerprint density at radius 1 is 1.26 bits per heavy atom. The molecule has 5 rings (SSSR count). The van der Waals surface area contributed by atoms with Crippen LogP contribution >= 0.6 is 11.6 Å². The quantitative estimate of drug-likeness (QED) is 0.264. The van der Waals surface area contributed by atoms with Crippen LogP contribution in [0.5, 0.6) is 5.75 Å². The Bertz CT molecular complexity index is 1540. The summed E-state index contributed by atoms with van der Waals surface area (Å²) in [6, 6.07) is -0.468. The van der Waals surface area contributed by atoms with Crippen LogP contribution in [0.4, 0.5) is 5.69 Å². The van der Waals surface area contributed by atoms with E-state index in [1.165, 1.54) is 37.6 Å². The summed E-state index contributed by atoms with van der Waals surface area (Å²) in [6.07, 6.45) is 4.92. The van der Waals surface area contributed by atoms with Crippen LogP contribution in [0.25, 0.3) is 0 Å². The average molecular weight is 600 g/mol. The minimum absolute atomic E-state index is 0.0385. The molecule has 0 bridgehead atoms. The molecule has 42 heavy (non-hydrogen) atoms. The predicted octanol–water partition coefficient (Wildman–Crippen LogP) is 0.307. The van der Waals surface area contributed by atoms with Crippen molar-refractivity contribution in [3.05, 3.63) is 40.9 Å². The minimum atomic E-state index is -2.82. The van der Waals surface area contributed by atoms with Gasteiger partial charge in [-0.25, -0.2) is 4.98 Å². The van der Waals surface area contributed by atoms with E-state index in [9.17, 15) is 39.0 Å². The number of Topliss-reactive ketones (excluding diaryl/α,β-unsaturated/α-hetero) is 4. The number of likely N-dealkylation sites (N-methyl/N-ethyl adjacent to an activating group) is 1. The summed E-state index contributed by atoms with van der Waals surface area (Å²) >= 11 is 6.46. The molecular weight excluding hydrogens is 570 g/mol. The van der Waals surface area contributed by atoms with Crippen LogP contribution < -0.4 is 11.1 Å². The highest BCUT2D eigenvalue weighted by molar-refractivity contribution is 6.35. The topological polar surface area (TPSA) is 202 Å². The fraction of sp³-hybridized carbons (Fsp3) is 0.464. The SMILES string of the molecule is CCC(C(=O)Nc1c(Cl)cc2c(c1O)C(=O)C1C(=O)[C@]3(O)C(=O)C(C(N)=O)C(=O)[C@@H](N(C)C)C3CC1C2)n1ccnc1. The Morgan fingerprint density at radius 3 is 2.52 bits per heavy atom. The number of hydrogen-bond acceptors (Lipinski definition) is 10. The molecule has 2 fully saturated rings. The zero-order valence-corrected chi connectivity index (χ0v) is 23.8. The first-order chi connectivity index (χ1) is 19.7. The van der Waals surface area contributed by atoms with Crippen molar-refractivity contribution < 1.29 is 39.0 Å². The maximum atomic E-state index is 13.9. The number of carbonyl (C=O) groups is 6.